The lowest BCUT2D eigenvalue weighted by molar-refractivity contribution is -0.121. The molecule has 1 fully saturated rings. The summed E-state index contributed by atoms with van der Waals surface area (Å²) < 4.78 is 6.96. The minimum Gasteiger partial charge on any atom is -0.491 e. The Labute approximate surface area is 205 Å². The number of benzene rings is 2. The Morgan fingerprint density at radius 3 is 2.56 bits per heavy atom. The number of anilines is 1. The monoisotopic (exact) mass is 482 g/mol. The van der Waals surface area contributed by atoms with Crippen LogP contribution >= 0.6 is 11.3 Å². The molecule has 2 heterocycles. The average molecular weight is 483 g/mol. The number of para-hydroxylation sites is 1. The summed E-state index contributed by atoms with van der Waals surface area (Å²) in [6.45, 7) is 12.0. The van der Waals surface area contributed by atoms with Gasteiger partial charge in [-0.1, -0.05) is 18.2 Å². The molecule has 0 spiro atoms. The fraction of sp³-hybridized carbons (Fsp3) is 0.462. The van der Waals surface area contributed by atoms with Gasteiger partial charge in [0.1, 0.15) is 18.5 Å². The first-order valence-corrected chi connectivity index (χ1v) is 12.6. The second kappa shape index (κ2) is 10.8. The second-order valence-corrected chi connectivity index (χ2v) is 10.3. The molecule has 182 valence electrons. The summed E-state index contributed by atoms with van der Waals surface area (Å²) in [6, 6.07) is 11.7. The van der Waals surface area contributed by atoms with Crippen molar-refractivity contribution in [2.75, 3.05) is 44.6 Å². The predicted octanol–water partition coefficient (Wildman–Crippen LogP) is 3.61. The van der Waals surface area contributed by atoms with Gasteiger partial charge in [-0.3, -0.25) is 14.6 Å². The highest BCUT2D eigenvalue weighted by Crippen LogP contribution is 2.25. The smallest absolute Gasteiger partial charge is 0.241 e. The van der Waals surface area contributed by atoms with Crippen LogP contribution in [-0.2, 0) is 4.79 Å². The lowest BCUT2D eigenvalue weighted by atomic mass is 10.1. The number of ether oxygens (including phenoxy) is 1. The van der Waals surface area contributed by atoms with Crippen LogP contribution in [0.3, 0.4) is 0 Å². The first-order chi connectivity index (χ1) is 16.3. The largest absolute Gasteiger partial charge is 0.491 e. The Balaban J connectivity index is 1.21. The molecule has 1 aliphatic heterocycles. The number of amides is 1. The number of carbonyl (C=O) groups excluding carboxylic acids is 1. The summed E-state index contributed by atoms with van der Waals surface area (Å²) in [6.07, 6.45) is -0.579. The van der Waals surface area contributed by atoms with Gasteiger partial charge in [0.25, 0.3) is 0 Å². The van der Waals surface area contributed by atoms with Crippen molar-refractivity contribution in [1.82, 2.24) is 14.8 Å². The maximum Gasteiger partial charge on any atom is 0.241 e. The van der Waals surface area contributed by atoms with Gasteiger partial charge in [0.05, 0.1) is 21.3 Å². The van der Waals surface area contributed by atoms with E-state index in [1.807, 2.05) is 64.1 Å². The van der Waals surface area contributed by atoms with Crippen LogP contribution in [-0.4, -0.2) is 77.3 Å². The predicted molar refractivity (Wildman–Crippen MR) is 138 cm³/mol. The number of rotatable bonds is 8. The molecule has 34 heavy (non-hydrogen) atoms. The van der Waals surface area contributed by atoms with Crippen LogP contribution in [0.25, 0.3) is 10.2 Å². The molecule has 0 aliphatic carbocycles. The number of nitrogens with one attached hydrogen (secondary N) is 1. The topological polar surface area (TPSA) is 77.9 Å². The number of nitrogens with zero attached hydrogens (tertiary/aromatic N) is 3. The van der Waals surface area contributed by atoms with E-state index in [1.165, 1.54) is 0 Å². The highest BCUT2D eigenvalue weighted by atomic mass is 32.1. The fourth-order valence-electron chi connectivity index (χ4n) is 4.39. The maximum absolute atomic E-state index is 12.9. The van der Waals surface area contributed by atoms with Gasteiger partial charge in [-0.2, -0.15) is 0 Å². The minimum atomic E-state index is -0.579. The fourth-order valence-corrected chi connectivity index (χ4v) is 5.20. The number of hydrogen-bond donors (Lipinski definition) is 2. The molecule has 1 unspecified atom stereocenters. The van der Waals surface area contributed by atoms with Crippen molar-refractivity contribution in [3.05, 3.63) is 52.5 Å². The molecule has 0 radical (unpaired) electrons. The molecule has 2 atom stereocenters. The highest BCUT2D eigenvalue weighted by molar-refractivity contribution is 7.18. The molecule has 0 saturated carbocycles. The zero-order valence-electron chi connectivity index (χ0n) is 20.4. The summed E-state index contributed by atoms with van der Waals surface area (Å²) in [4.78, 5) is 21.8. The third-order valence-electron chi connectivity index (χ3n) is 6.44. The van der Waals surface area contributed by atoms with Gasteiger partial charge in [-0.15, -0.1) is 11.3 Å². The Hall–Kier alpha value is -2.52. The van der Waals surface area contributed by atoms with E-state index in [-0.39, 0.29) is 18.6 Å². The molecule has 1 amide bonds. The summed E-state index contributed by atoms with van der Waals surface area (Å²) in [5, 5.41) is 14.6. The molecule has 1 aliphatic rings. The van der Waals surface area contributed by atoms with Crippen LogP contribution in [0.2, 0.25) is 0 Å². The third-order valence-corrected chi connectivity index (χ3v) is 7.39. The summed E-state index contributed by atoms with van der Waals surface area (Å²) in [7, 11) is 0. The molecular formula is C26H34N4O3S. The number of aliphatic hydroxyl groups excluding tert-OH is 1. The molecule has 3 aromatic rings. The number of carbonyl (C=O) groups is 1. The van der Waals surface area contributed by atoms with E-state index in [0.29, 0.717) is 6.54 Å². The maximum atomic E-state index is 12.9. The average Bonchev–Trinajstić information content (AvgIpc) is 3.19. The van der Waals surface area contributed by atoms with Gasteiger partial charge in [0.15, 0.2) is 0 Å². The second-order valence-electron chi connectivity index (χ2n) is 9.10. The van der Waals surface area contributed by atoms with Gasteiger partial charge in [0.2, 0.25) is 5.91 Å². The Bertz CT molecular complexity index is 1120. The molecule has 2 aromatic carbocycles. The number of aliphatic hydroxyl groups is 1. The first kappa shape index (κ1) is 24.6. The van der Waals surface area contributed by atoms with Crippen LogP contribution in [0, 0.1) is 20.8 Å². The highest BCUT2D eigenvalue weighted by Gasteiger charge is 2.27. The number of β-amino-alcohol motifs (C(OH)–C–C–N with tert-alkyl or cyclic N) is 1. The van der Waals surface area contributed by atoms with Crippen LogP contribution in [0.15, 0.2) is 36.4 Å². The summed E-state index contributed by atoms with van der Waals surface area (Å²) in [5.41, 5.74) is 3.98. The molecular weight excluding hydrogens is 448 g/mol. The lowest BCUT2D eigenvalue weighted by Crippen LogP contribution is -2.54. The normalized spacial score (nSPS) is 17.0. The van der Waals surface area contributed by atoms with Crippen LogP contribution < -0.4 is 10.1 Å². The van der Waals surface area contributed by atoms with E-state index >= 15 is 0 Å². The minimum absolute atomic E-state index is 0.0200. The van der Waals surface area contributed by atoms with E-state index in [1.54, 1.807) is 11.3 Å². The van der Waals surface area contributed by atoms with Crippen molar-refractivity contribution in [2.24, 2.45) is 0 Å². The SMILES string of the molecule is Cc1nc2cc(OC[C@@H](O)CN3CCN(C(C)C(=O)Nc4c(C)cccc4C)CC3)ccc2s1. The van der Waals surface area contributed by atoms with Gasteiger partial charge in [0, 0.05) is 44.5 Å². The molecule has 7 nitrogen and oxygen atoms in total. The Kier molecular flexibility index (Phi) is 7.83. The molecule has 1 saturated heterocycles. The van der Waals surface area contributed by atoms with Gasteiger partial charge in [-0.25, -0.2) is 4.98 Å². The van der Waals surface area contributed by atoms with Crippen molar-refractivity contribution in [3.8, 4) is 5.75 Å². The van der Waals surface area contributed by atoms with Crippen molar-refractivity contribution in [3.63, 3.8) is 0 Å². The van der Waals surface area contributed by atoms with Crippen molar-refractivity contribution in [1.29, 1.82) is 0 Å². The molecule has 8 heteroatoms. The number of thiazole rings is 1. The molecule has 2 N–H and O–H groups in total. The van der Waals surface area contributed by atoms with E-state index in [9.17, 15) is 9.90 Å². The first-order valence-electron chi connectivity index (χ1n) is 11.8. The Morgan fingerprint density at radius 2 is 1.85 bits per heavy atom. The number of aromatic nitrogens is 1. The lowest BCUT2D eigenvalue weighted by Gasteiger charge is -2.38. The van der Waals surface area contributed by atoms with E-state index < -0.39 is 6.10 Å². The van der Waals surface area contributed by atoms with E-state index in [0.717, 1.165) is 64.0 Å². The van der Waals surface area contributed by atoms with Crippen molar-refractivity contribution < 1.29 is 14.6 Å². The summed E-state index contributed by atoms with van der Waals surface area (Å²) in [5.74, 6) is 0.747. The van der Waals surface area contributed by atoms with Crippen molar-refractivity contribution in [2.45, 2.75) is 39.8 Å². The molecule has 0 bridgehead atoms. The zero-order valence-corrected chi connectivity index (χ0v) is 21.2. The van der Waals surface area contributed by atoms with Crippen molar-refractivity contribution >= 4 is 33.1 Å². The number of hydrogen-bond acceptors (Lipinski definition) is 7. The summed E-state index contributed by atoms with van der Waals surface area (Å²) >= 11 is 1.66. The number of fused-ring (bicyclic) bond motifs is 1. The number of piperazine rings is 1. The Morgan fingerprint density at radius 1 is 1.15 bits per heavy atom. The molecule has 1 aromatic heterocycles. The van der Waals surface area contributed by atoms with E-state index in [4.69, 9.17) is 4.74 Å². The van der Waals surface area contributed by atoms with Gasteiger partial charge in [-0.05, 0) is 51.0 Å². The van der Waals surface area contributed by atoms with Gasteiger partial charge < -0.3 is 15.2 Å². The van der Waals surface area contributed by atoms with E-state index in [2.05, 4.69) is 20.1 Å². The van der Waals surface area contributed by atoms with Crippen LogP contribution in [0.4, 0.5) is 5.69 Å². The van der Waals surface area contributed by atoms with Crippen LogP contribution in [0.1, 0.15) is 23.1 Å². The van der Waals surface area contributed by atoms with Gasteiger partial charge >= 0.3 is 0 Å². The van der Waals surface area contributed by atoms with Crippen LogP contribution in [0.5, 0.6) is 5.75 Å². The quantitative estimate of drug-likeness (QED) is 0.511. The molecule has 4 rings (SSSR count). The standard InChI is InChI=1S/C26H34N4O3S/c1-17-6-5-7-18(2)25(17)28-26(32)19(3)30-12-10-29(11-13-30)15-21(31)16-33-22-8-9-24-23(14-22)27-20(4)34-24/h5-9,14,19,21,31H,10-13,15-16H2,1-4H3,(H,28,32)/t19?,21-/m0/s1. The zero-order chi connectivity index (χ0) is 24.2. The number of aryl methyl sites for hydroxylation is 3. The third kappa shape index (κ3) is 5.93.